The standard InChI is InChI=1S/C12H8ClFO3S2/c13-12-5-4-11(18-12)10(15)7-19(16,17)9-3-1-2-8(14)6-9/h1-6H,7H2. The molecule has 1 aromatic heterocycles. The molecule has 0 spiro atoms. The highest BCUT2D eigenvalue weighted by atomic mass is 35.5. The largest absolute Gasteiger partial charge is 0.292 e. The third-order valence-electron chi connectivity index (χ3n) is 2.32. The van der Waals surface area contributed by atoms with Crippen LogP contribution >= 0.6 is 22.9 Å². The zero-order valence-electron chi connectivity index (χ0n) is 9.47. The Labute approximate surface area is 118 Å². The first-order valence-corrected chi connectivity index (χ1v) is 8.00. The quantitative estimate of drug-likeness (QED) is 0.813. The van der Waals surface area contributed by atoms with Crippen molar-refractivity contribution in [2.45, 2.75) is 4.90 Å². The highest BCUT2D eigenvalue weighted by molar-refractivity contribution is 7.92. The molecule has 100 valence electrons. The van der Waals surface area contributed by atoms with Crippen LogP contribution < -0.4 is 0 Å². The minimum Gasteiger partial charge on any atom is -0.292 e. The molecule has 2 aromatic rings. The maximum Gasteiger partial charge on any atom is 0.188 e. The number of thiophene rings is 1. The zero-order valence-corrected chi connectivity index (χ0v) is 11.9. The molecule has 0 saturated carbocycles. The number of sulfone groups is 1. The topological polar surface area (TPSA) is 51.2 Å². The van der Waals surface area contributed by atoms with Crippen LogP contribution in [0.15, 0.2) is 41.3 Å². The Morgan fingerprint density at radius 2 is 2.00 bits per heavy atom. The average Bonchev–Trinajstić information content (AvgIpc) is 2.75. The van der Waals surface area contributed by atoms with Gasteiger partial charge in [-0.05, 0) is 30.3 Å². The number of rotatable bonds is 4. The zero-order chi connectivity index (χ0) is 14.0. The summed E-state index contributed by atoms with van der Waals surface area (Å²) in [5, 5.41) is 0. The first-order chi connectivity index (χ1) is 8.88. The van der Waals surface area contributed by atoms with Crippen molar-refractivity contribution >= 4 is 38.6 Å². The molecular weight excluding hydrogens is 311 g/mol. The maximum absolute atomic E-state index is 13.0. The van der Waals surface area contributed by atoms with Gasteiger partial charge in [-0.15, -0.1) is 11.3 Å². The number of ketones is 1. The number of carbonyl (C=O) groups is 1. The van der Waals surface area contributed by atoms with Crippen LogP contribution in [0.5, 0.6) is 0 Å². The van der Waals surface area contributed by atoms with Gasteiger partial charge in [-0.2, -0.15) is 0 Å². The number of Topliss-reactive ketones (excluding diaryl/α,β-unsaturated/α-hetero) is 1. The van der Waals surface area contributed by atoms with E-state index in [1.54, 1.807) is 0 Å². The minimum absolute atomic E-state index is 0.205. The first kappa shape index (κ1) is 14.2. The van der Waals surface area contributed by atoms with Gasteiger partial charge < -0.3 is 0 Å². The van der Waals surface area contributed by atoms with Gasteiger partial charge in [0.25, 0.3) is 0 Å². The maximum atomic E-state index is 13.0. The Morgan fingerprint density at radius 3 is 2.58 bits per heavy atom. The van der Waals surface area contributed by atoms with Crippen LogP contribution in [-0.4, -0.2) is 20.0 Å². The summed E-state index contributed by atoms with van der Waals surface area (Å²) < 4.78 is 37.3. The van der Waals surface area contributed by atoms with Crippen molar-refractivity contribution < 1.29 is 17.6 Å². The van der Waals surface area contributed by atoms with Gasteiger partial charge in [-0.1, -0.05) is 17.7 Å². The Kier molecular flexibility index (Phi) is 4.03. The number of hydrogen-bond donors (Lipinski definition) is 0. The minimum atomic E-state index is -3.85. The first-order valence-electron chi connectivity index (χ1n) is 5.15. The monoisotopic (exact) mass is 318 g/mol. The fourth-order valence-electron chi connectivity index (χ4n) is 1.45. The number of halogens is 2. The Morgan fingerprint density at radius 1 is 1.26 bits per heavy atom. The molecule has 0 bridgehead atoms. The van der Waals surface area contributed by atoms with Crippen LogP contribution in [0.3, 0.4) is 0 Å². The van der Waals surface area contributed by atoms with Gasteiger partial charge >= 0.3 is 0 Å². The molecule has 19 heavy (non-hydrogen) atoms. The molecule has 1 heterocycles. The van der Waals surface area contributed by atoms with E-state index < -0.39 is 27.2 Å². The lowest BCUT2D eigenvalue weighted by Gasteiger charge is -2.02. The molecule has 0 aliphatic heterocycles. The fourth-order valence-corrected chi connectivity index (χ4v) is 3.77. The van der Waals surface area contributed by atoms with Crippen molar-refractivity contribution in [1.82, 2.24) is 0 Å². The molecule has 0 aliphatic rings. The van der Waals surface area contributed by atoms with Gasteiger partial charge in [0.15, 0.2) is 15.6 Å². The summed E-state index contributed by atoms with van der Waals surface area (Å²) in [6.07, 6.45) is 0. The van der Waals surface area contributed by atoms with E-state index in [-0.39, 0.29) is 9.77 Å². The average molecular weight is 319 g/mol. The van der Waals surface area contributed by atoms with E-state index in [4.69, 9.17) is 11.6 Å². The molecule has 0 radical (unpaired) electrons. The van der Waals surface area contributed by atoms with Crippen LogP contribution in [0.25, 0.3) is 0 Å². The predicted octanol–water partition coefficient (Wildman–Crippen LogP) is 3.20. The van der Waals surface area contributed by atoms with E-state index in [1.807, 2.05) is 0 Å². The van der Waals surface area contributed by atoms with Gasteiger partial charge in [-0.3, -0.25) is 4.79 Å². The fraction of sp³-hybridized carbons (Fsp3) is 0.0833. The summed E-state index contributed by atoms with van der Waals surface area (Å²) in [7, 11) is -3.85. The molecule has 0 aliphatic carbocycles. The molecule has 0 atom stereocenters. The van der Waals surface area contributed by atoms with Gasteiger partial charge in [0.05, 0.1) is 14.1 Å². The molecule has 7 heteroatoms. The molecule has 2 rings (SSSR count). The van der Waals surface area contributed by atoms with Crippen molar-refractivity contribution in [3.05, 3.63) is 51.4 Å². The lowest BCUT2D eigenvalue weighted by molar-refractivity contribution is 0.102. The Hall–Kier alpha value is -1.24. The summed E-state index contributed by atoms with van der Waals surface area (Å²) in [5.41, 5.74) is 0. The van der Waals surface area contributed by atoms with E-state index in [1.165, 1.54) is 24.3 Å². The lowest BCUT2D eigenvalue weighted by atomic mass is 10.3. The SMILES string of the molecule is O=C(CS(=O)(=O)c1cccc(F)c1)c1ccc(Cl)s1. The molecule has 0 saturated heterocycles. The second-order valence-corrected chi connectivity index (χ2v) is 7.45. The molecule has 3 nitrogen and oxygen atoms in total. The van der Waals surface area contributed by atoms with E-state index in [0.717, 1.165) is 23.5 Å². The summed E-state index contributed by atoms with van der Waals surface area (Å²) >= 11 is 6.69. The van der Waals surface area contributed by atoms with Crippen molar-refractivity contribution in [2.24, 2.45) is 0 Å². The van der Waals surface area contributed by atoms with Gasteiger partial charge in [0.2, 0.25) is 0 Å². The third kappa shape index (κ3) is 3.40. The van der Waals surface area contributed by atoms with E-state index in [0.29, 0.717) is 4.34 Å². The van der Waals surface area contributed by atoms with E-state index >= 15 is 0 Å². The van der Waals surface area contributed by atoms with Crippen LogP contribution in [0.1, 0.15) is 9.67 Å². The second-order valence-electron chi connectivity index (χ2n) is 3.74. The molecular formula is C12H8ClFO3S2. The summed E-state index contributed by atoms with van der Waals surface area (Å²) in [4.78, 5) is 11.9. The van der Waals surface area contributed by atoms with Crippen LogP contribution in [0, 0.1) is 5.82 Å². The van der Waals surface area contributed by atoms with Gasteiger partial charge in [-0.25, -0.2) is 12.8 Å². The van der Waals surface area contributed by atoms with Crippen molar-refractivity contribution in [3.63, 3.8) is 0 Å². The highest BCUT2D eigenvalue weighted by Gasteiger charge is 2.21. The number of benzene rings is 1. The molecule has 0 N–H and O–H groups in total. The van der Waals surface area contributed by atoms with Crippen molar-refractivity contribution in [1.29, 1.82) is 0 Å². The lowest BCUT2D eigenvalue weighted by Crippen LogP contribution is -2.15. The molecule has 0 amide bonds. The Balaban J connectivity index is 2.25. The normalized spacial score (nSPS) is 11.5. The predicted molar refractivity (Wildman–Crippen MR) is 72.1 cm³/mol. The van der Waals surface area contributed by atoms with Gasteiger partial charge in [0, 0.05) is 0 Å². The summed E-state index contributed by atoms with van der Waals surface area (Å²) in [6.45, 7) is 0. The van der Waals surface area contributed by atoms with Crippen LogP contribution in [-0.2, 0) is 9.84 Å². The molecule has 0 fully saturated rings. The van der Waals surface area contributed by atoms with E-state index in [2.05, 4.69) is 0 Å². The van der Waals surface area contributed by atoms with Gasteiger partial charge in [0.1, 0.15) is 11.6 Å². The highest BCUT2D eigenvalue weighted by Crippen LogP contribution is 2.23. The van der Waals surface area contributed by atoms with Crippen molar-refractivity contribution in [2.75, 3.05) is 5.75 Å². The second kappa shape index (κ2) is 5.40. The van der Waals surface area contributed by atoms with Crippen molar-refractivity contribution in [3.8, 4) is 0 Å². The smallest absolute Gasteiger partial charge is 0.188 e. The number of carbonyl (C=O) groups excluding carboxylic acids is 1. The third-order valence-corrected chi connectivity index (χ3v) is 5.21. The van der Waals surface area contributed by atoms with Crippen LogP contribution in [0.4, 0.5) is 4.39 Å². The summed E-state index contributed by atoms with van der Waals surface area (Å²) in [6, 6.07) is 7.57. The molecule has 0 unspecified atom stereocenters. The van der Waals surface area contributed by atoms with E-state index in [9.17, 15) is 17.6 Å². The summed E-state index contributed by atoms with van der Waals surface area (Å²) in [5.74, 6) is -1.92. The number of hydrogen-bond acceptors (Lipinski definition) is 4. The molecule has 1 aromatic carbocycles. The Bertz CT molecular complexity index is 722. The van der Waals surface area contributed by atoms with Crippen LogP contribution in [0.2, 0.25) is 4.34 Å².